The van der Waals surface area contributed by atoms with E-state index in [0.29, 0.717) is 0 Å². The molecule has 0 aromatic carbocycles. The first-order valence-corrected chi connectivity index (χ1v) is 2.93. The van der Waals surface area contributed by atoms with Crippen molar-refractivity contribution >= 4 is 29.1 Å². The number of nitrogens with two attached hydrogens (primary N) is 1. The molecule has 1 atom stereocenters. The van der Waals surface area contributed by atoms with Gasteiger partial charge in [-0.05, 0) is 12.2 Å². The molecule has 0 saturated carbocycles. The molecule has 1 heterocycles. The quantitative estimate of drug-likeness (QED) is 0.301. The summed E-state index contributed by atoms with van der Waals surface area (Å²) in [4.78, 5) is 21.1. The highest BCUT2D eigenvalue weighted by molar-refractivity contribution is 7.80. The Labute approximate surface area is 61.9 Å². The van der Waals surface area contributed by atoms with Crippen LogP contribution in [-0.2, 0) is 9.59 Å². The van der Waals surface area contributed by atoms with Gasteiger partial charge in [-0.25, -0.2) is 0 Å². The van der Waals surface area contributed by atoms with Gasteiger partial charge in [-0.1, -0.05) is 0 Å². The summed E-state index contributed by atoms with van der Waals surface area (Å²) in [5.74, 6) is -1.21. The molecule has 0 aromatic heterocycles. The SMILES string of the molecule is NC(=O)C1NC(=S)NC1=O. The smallest absolute Gasteiger partial charge is 0.258 e. The minimum atomic E-state index is -0.993. The molecule has 0 bridgehead atoms. The Morgan fingerprint density at radius 1 is 1.70 bits per heavy atom. The van der Waals surface area contributed by atoms with Gasteiger partial charge in [0.25, 0.3) is 5.91 Å². The second-order valence-electron chi connectivity index (χ2n) is 1.80. The number of hydrogen-bond donors (Lipinski definition) is 3. The van der Waals surface area contributed by atoms with Crippen LogP contribution in [0, 0.1) is 0 Å². The van der Waals surface area contributed by atoms with E-state index in [2.05, 4.69) is 22.9 Å². The third-order valence-electron chi connectivity index (χ3n) is 1.06. The molecular formula is C4H5N3O2S. The van der Waals surface area contributed by atoms with Crippen LogP contribution in [0.4, 0.5) is 0 Å². The standard InChI is InChI=1S/C4H5N3O2S/c5-2(8)1-3(9)7-4(10)6-1/h1H,(H2,5,8)(H2,6,7,9,10). The van der Waals surface area contributed by atoms with Gasteiger partial charge in [0.2, 0.25) is 5.91 Å². The maximum atomic E-state index is 10.7. The largest absolute Gasteiger partial charge is 0.367 e. The summed E-state index contributed by atoms with van der Waals surface area (Å²) in [5, 5.41) is 4.78. The summed E-state index contributed by atoms with van der Waals surface area (Å²) in [6.45, 7) is 0. The highest BCUT2D eigenvalue weighted by Crippen LogP contribution is 1.90. The minimum Gasteiger partial charge on any atom is -0.367 e. The summed E-state index contributed by atoms with van der Waals surface area (Å²) >= 11 is 4.54. The molecule has 1 unspecified atom stereocenters. The van der Waals surface area contributed by atoms with E-state index >= 15 is 0 Å². The third-order valence-corrected chi connectivity index (χ3v) is 1.28. The Morgan fingerprint density at radius 3 is 2.50 bits per heavy atom. The van der Waals surface area contributed by atoms with Crippen LogP contribution in [0.3, 0.4) is 0 Å². The number of carbonyl (C=O) groups is 2. The molecule has 1 saturated heterocycles. The monoisotopic (exact) mass is 159 g/mol. The van der Waals surface area contributed by atoms with E-state index in [-0.39, 0.29) is 5.11 Å². The molecule has 0 aliphatic carbocycles. The van der Waals surface area contributed by atoms with Gasteiger partial charge in [0.1, 0.15) is 0 Å². The van der Waals surface area contributed by atoms with Crippen LogP contribution in [0.5, 0.6) is 0 Å². The number of nitrogens with one attached hydrogen (secondary N) is 2. The van der Waals surface area contributed by atoms with Crippen molar-refractivity contribution in [2.24, 2.45) is 5.73 Å². The van der Waals surface area contributed by atoms with Crippen molar-refractivity contribution in [1.82, 2.24) is 10.6 Å². The first kappa shape index (κ1) is 6.94. The van der Waals surface area contributed by atoms with Crippen molar-refractivity contribution in [3.63, 3.8) is 0 Å². The van der Waals surface area contributed by atoms with Crippen LogP contribution in [0.15, 0.2) is 0 Å². The minimum absolute atomic E-state index is 0.147. The first-order valence-electron chi connectivity index (χ1n) is 2.52. The van der Waals surface area contributed by atoms with Gasteiger partial charge in [-0.2, -0.15) is 0 Å². The second kappa shape index (κ2) is 2.22. The predicted octanol–water partition coefficient (Wildman–Crippen LogP) is -2.16. The van der Waals surface area contributed by atoms with E-state index in [1.165, 1.54) is 0 Å². The van der Waals surface area contributed by atoms with Crippen LogP contribution in [-0.4, -0.2) is 23.0 Å². The fraction of sp³-hybridized carbons (Fsp3) is 0.250. The average molecular weight is 159 g/mol. The number of carbonyl (C=O) groups excluding carboxylic acids is 2. The van der Waals surface area contributed by atoms with Gasteiger partial charge in [0.15, 0.2) is 11.2 Å². The Kier molecular flexibility index (Phi) is 1.54. The summed E-state index contributed by atoms with van der Waals surface area (Å²) in [6.07, 6.45) is 0. The molecule has 5 nitrogen and oxygen atoms in total. The van der Waals surface area contributed by atoms with E-state index in [1.54, 1.807) is 0 Å². The lowest BCUT2D eigenvalue weighted by Gasteiger charge is -1.98. The van der Waals surface area contributed by atoms with Crippen molar-refractivity contribution in [1.29, 1.82) is 0 Å². The maximum absolute atomic E-state index is 10.7. The van der Waals surface area contributed by atoms with Crippen molar-refractivity contribution in [2.45, 2.75) is 6.04 Å². The fourth-order valence-corrected chi connectivity index (χ4v) is 0.836. The van der Waals surface area contributed by atoms with E-state index in [1.807, 2.05) is 0 Å². The molecule has 6 heteroatoms. The Bertz CT molecular complexity index is 215. The van der Waals surface area contributed by atoms with Crippen LogP contribution in [0.25, 0.3) is 0 Å². The number of amides is 2. The van der Waals surface area contributed by atoms with Crippen LogP contribution >= 0.6 is 12.2 Å². The summed E-state index contributed by atoms with van der Waals surface area (Å²) < 4.78 is 0. The predicted molar refractivity (Wildman–Crippen MR) is 36.9 cm³/mol. The zero-order valence-corrected chi connectivity index (χ0v) is 5.70. The van der Waals surface area contributed by atoms with Crippen molar-refractivity contribution in [2.75, 3.05) is 0 Å². The topological polar surface area (TPSA) is 84.2 Å². The average Bonchev–Trinajstić information content (AvgIpc) is 2.10. The number of hydrogen-bond acceptors (Lipinski definition) is 3. The van der Waals surface area contributed by atoms with Crippen molar-refractivity contribution in [3.05, 3.63) is 0 Å². The summed E-state index contributed by atoms with van der Waals surface area (Å²) in [7, 11) is 0. The highest BCUT2D eigenvalue weighted by atomic mass is 32.1. The number of primary amides is 1. The molecule has 1 aliphatic heterocycles. The van der Waals surface area contributed by atoms with Gasteiger partial charge in [0, 0.05) is 0 Å². The van der Waals surface area contributed by atoms with E-state index in [9.17, 15) is 9.59 Å². The molecule has 0 spiro atoms. The summed E-state index contributed by atoms with van der Waals surface area (Å²) in [5.41, 5.74) is 4.83. The third kappa shape index (κ3) is 1.06. The zero-order chi connectivity index (χ0) is 7.72. The Morgan fingerprint density at radius 2 is 2.30 bits per heavy atom. The molecule has 1 fully saturated rings. The van der Waals surface area contributed by atoms with Gasteiger partial charge >= 0.3 is 0 Å². The van der Waals surface area contributed by atoms with Crippen molar-refractivity contribution in [3.8, 4) is 0 Å². The molecule has 10 heavy (non-hydrogen) atoms. The highest BCUT2D eigenvalue weighted by Gasteiger charge is 2.31. The lowest BCUT2D eigenvalue weighted by atomic mass is 10.3. The summed E-state index contributed by atoms with van der Waals surface area (Å²) in [6, 6.07) is -0.993. The lowest BCUT2D eigenvalue weighted by molar-refractivity contribution is -0.128. The van der Waals surface area contributed by atoms with Crippen molar-refractivity contribution < 1.29 is 9.59 Å². The Hall–Kier alpha value is -1.17. The maximum Gasteiger partial charge on any atom is 0.258 e. The molecule has 1 rings (SSSR count). The molecule has 4 N–H and O–H groups in total. The molecule has 1 aliphatic rings. The van der Waals surface area contributed by atoms with E-state index in [4.69, 9.17) is 5.73 Å². The first-order chi connectivity index (χ1) is 4.61. The second-order valence-corrected chi connectivity index (χ2v) is 2.21. The van der Waals surface area contributed by atoms with E-state index in [0.717, 1.165) is 0 Å². The van der Waals surface area contributed by atoms with E-state index < -0.39 is 17.9 Å². The van der Waals surface area contributed by atoms with Gasteiger partial charge in [-0.3, -0.25) is 9.59 Å². The Balaban J connectivity index is 2.72. The zero-order valence-electron chi connectivity index (χ0n) is 4.88. The van der Waals surface area contributed by atoms with Crippen LogP contribution in [0.2, 0.25) is 0 Å². The molecule has 2 amide bonds. The van der Waals surface area contributed by atoms with Crippen LogP contribution in [0.1, 0.15) is 0 Å². The van der Waals surface area contributed by atoms with Crippen LogP contribution < -0.4 is 16.4 Å². The molecule has 0 radical (unpaired) electrons. The van der Waals surface area contributed by atoms with Gasteiger partial charge in [0.05, 0.1) is 0 Å². The normalized spacial score (nSPS) is 23.8. The molecule has 0 aromatic rings. The van der Waals surface area contributed by atoms with Gasteiger partial charge in [-0.15, -0.1) is 0 Å². The number of rotatable bonds is 1. The number of thiocarbonyl (C=S) groups is 1. The lowest BCUT2D eigenvalue weighted by Crippen LogP contribution is -2.41. The van der Waals surface area contributed by atoms with Gasteiger partial charge < -0.3 is 16.4 Å². The molecular weight excluding hydrogens is 154 g/mol. The fourth-order valence-electron chi connectivity index (χ4n) is 0.617. The molecule has 54 valence electrons.